The fourth-order valence-electron chi connectivity index (χ4n) is 3.71. The molecule has 1 N–H and O–H groups in total. The number of aryl methyl sites for hydroxylation is 1. The zero-order chi connectivity index (χ0) is 24.1. The molecule has 3 rings (SSSR count). The van der Waals surface area contributed by atoms with Crippen molar-refractivity contribution in [3.63, 3.8) is 0 Å². The van der Waals surface area contributed by atoms with Gasteiger partial charge in [-0.2, -0.15) is 0 Å². The topological polar surface area (TPSA) is 75.7 Å². The Bertz CT molecular complexity index is 1190. The summed E-state index contributed by atoms with van der Waals surface area (Å²) < 4.78 is 33.7. The molecule has 0 radical (unpaired) electrons. The Hall–Kier alpha value is -3.32. The lowest BCUT2D eigenvalue weighted by Gasteiger charge is -2.30. The summed E-state index contributed by atoms with van der Waals surface area (Å²) in [6, 6.07) is 23.2. The van der Waals surface area contributed by atoms with Crippen LogP contribution < -0.4 is 14.4 Å². The average molecular weight is 467 g/mol. The third kappa shape index (κ3) is 6.14. The number of sulfonamides is 1. The first-order valence-electron chi connectivity index (χ1n) is 10.7. The third-order valence-electron chi connectivity index (χ3n) is 5.19. The summed E-state index contributed by atoms with van der Waals surface area (Å²) in [4.78, 5) is 13.2. The zero-order valence-corrected chi connectivity index (χ0v) is 20.2. The SMILES string of the molecule is COc1ccc(C)cc1N(CC(=O)NC(C)(C)Cc1ccccc1)S(=O)(=O)c1ccccc1. The summed E-state index contributed by atoms with van der Waals surface area (Å²) in [6.45, 7) is 5.32. The van der Waals surface area contributed by atoms with Gasteiger partial charge < -0.3 is 10.1 Å². The van der Waals surface area contributed by atoms with Crippen LogP contribution in [0.5, 0.6) is 5.75 Å². The van der Waals surface area contributed by atoms with E-state index < -0.39 is 21.5 Å². The molecule has 0 aliphatic rings. The lowest BCUT2D eigenvalue weighted by Crippen LogP contribution is -2.50. The van der Waals surface area contributed by atoms with Crippen molar-refractivity contribution in [1.82, 2.24) is 5.32 Å². The van der Waals surface area contributed by atoms with Gasteiger partial charge in [0.1, 0.15) is 12.3 Å². The highest BCUT2D eigenvalue weighted by Crippen LogP contribution is 2.33. The second kappa shape index (κ2) is 10.1. The fraction of sp³-hybridized carbons (Fsp3) is 0.269. The molecule has 0 bridgehead atoms. The van der Waals surface area contributed by atoms with E-state index in [-0.39, 0.29) is 11.4 Å². The van der Waals surface area contributed by atoms with Crippen molar-refractivity contribution in [3.8, 4) is 5.75 Å². The van der Waals surface area contributed by atoms with Crippen LogP contribution in [0.25, 0.3) is 0 Å². The van der Waals surface area contributed by atoms with Crippen molar-refractivity contribution >= 4 is 21.6 Å². The molecule has 0 unspecified atom stereocenters. The Morgan fingerprint density at radius 2 is 1.58 bits per heavy atom. The van der Waals surface area contributed by atoms with Crippen LogP contribution in [0.2, 0.25) is 0 Å². The van der Waals surface area contributed by atoms with Crippen molar-refractivity contribution < 1.29 is 17.9 Å². The zero-order valence-electron chi connectivity index (χ0n) is 19.4. The predicted octanol–water partition coefficient (Wildman–Crippen LogP) is 4.34. The van der Waals surface area contributed by atoms with E-state index >= 15 is 0 Å². The van der Waals surface area contributed by atoms with E-state index in [9.17, 15) is 13.2 Å². The van der Waals surface area contributed by atoms with Gasteiger partial charge in [-0.15, -0.1) is 0 Å². The van der Waals surface area contributed by atoms with Gasteiger partial charge in [0, 0.05) is 5.54 Å². The van der Waals surface area contributed by atoms with Gasteiger partial charge in [-0.25, -0.2) is 8.42 Å². The van der Waals surface area contributed by atoms with Crippen LogP contribution in [-0.2, 0) is 21.2 Å². The number of ether oxygens (including phenoxy) is 1. The summed E-state index contributed by atoms with van der Waals surface area (Å²) in [5, 5.41) is 2.99. The molecule has 3 aromatic rings. The van der Waals surface area contributed by atoms with Gasteiger partial charge in [0.2, 0.25) is 5.91 Å². The molecule has 0 saturated carbocycles. The molecule has 0 fully saturated rings. The van der Waals surface area contributed by atoms with Gasteiger partial charge in [0.15, 0.2) is 0 Å². The van der Waals surface area contributed by atoms with Crippen LogP contribution in [0.3, 0.4) is 0 Å². The molecule has 3 aromatic carbocycles. The van der Waals surface area contributed by atoms with E-state index in [1.54, 1.807) is 30.3 Å². The Labute approximate surface area is 196 Å². The molecule has 0 spiro atoms. The average Bonchev–Trinajstić information content (AvgIpc) is 2.78. The first kappa shape index (κ1) is 24.3. The fourth-order valence-corrected chi connectivity index (χ4v) is 5.16. The molecular formula is C26H30N2O4S. The number of anilines is 1. The monoisotopic (exact) mass is 466 g/mol. The number of carbonyl (C=O) groups is 1. The summed E-state index contributed by atoms with van der Waals surface area (Å²) in [5.74, 6) is -0.0320. The van der Waals surface area contributed by atoms with Gasteiger partial charge in [-0.1, -0.05) is 54.6 Å². The normalized spacial score (nSPS) is 11.6. The Kier molecular flexibility index (Phi) is 7.43. The van der Waals surface area contributed by atoms with E-state index in [4.69, 9.17) is 4.74 Å². The second-order valence-corrected chi connectivity index (χ2v) is 10.5. The lowest BCUT2D eigenvalue weighted by molar-refractivity contribution is -0.121. The van der Waals surface area contributed by atoms with E-state index in [1.807, 2.05) is 57.2 Å². The van der Waals surface area contributed by atoms with Gasteiger partial charge in [-0.05, 0) is 62.6 Å². The smallest absolute Gasteiger partial charge is 0.264 e. The Morgan fingerprint density at radius 3 is 2.18 bits per heavy atom. The Morgan fingerprint density at radius 1 is 0.970 bits per heavy atom. The molecule has 0 aliphatic heterocycles. The minimum Gasteiger partial charge on any atom is -0.495 e. The maximum absolute atomic E-state index is 13.6. The molecule has 7 heteroatoms. The number of hydrogen-bond donors (Lipinski definition) is 1. The number of benzene rings is 3. The van der Waals surface area contributed by atoms with Gasteiger partial charge in [0.05, 0.1) is 17.7 Å². The standard InChI is InChI=1S/C26H30N2O4S/c1-20-15-16-24(32-4)23(17-20)28(33(30,31)22-13-9-6-10-14-22)19-25(29)27-26(2,3)18-21-11-7-5-8-12-21/h5-17H,18-19H2,1-4H3,(H,27,29). The van der Waals surface area contributed by atoms with Gasteiger partial charge in [0.25, 0.3) is 10.0 Å². The van der Waals surface area contributed by atoms with E-state index in [1.165, 1.54) is 19.2 Å². The predicted molar refractivity (Wildman–Crippen MR) is 131 cm³/mol. The minimum absolute atomic E-state index is 0.102. The number of rotatable bonds is 9. The number of amides is 1. The third-order valence-corrected chi connectivity index (χ3v) is 6.96. The summed E-state index contributed by atoms with van der Waals surface area (Å²) in [6.07, 6.45) is 0.610. The van der Waals surface area contributed by atoms with E-state index in [2.05, 4.69) is 5.32 Å². The van der Waals surface area contributed by atoms with Crippen molar-refractivity contribution in [2.45, 2.75) is 37.6 Å². The summed E-state index contributed by atoms with van der Waals surface area (Å²) >= 11 is 0. The molecule has 0 aromatic heterocycles. The van der Waals surface area contributed by atoms with Crippen LogP contribution in [-0.4, -0.2) is 33.5 Å². The molecule has 0 atom stereocenters. The van der Waals surface area contributed by atoms with Crippen molar-refractivity contribution in [3.05, 3.63) is 90.0 Å². The van der Waals surface area contributed by atoms with Crippen LogP contribution in [0.15, 0.2) is 83.8 Å². The first-order valence-corrected chi connectivity index (χ1v) is 12.1. The van der Waals surface area contributed by atoms with Crippen molar-refractivity contribution in [2.24, 2.45) is 0 Å². The number of nitrogens with zero attached hydrogens (tertiary/aromatic N) is 1. The number of methoxy groups -OCH3 is 1. The largest absolute Gasteiger partial charge is 0.495 e. The van der Waals surface area contributed by atoms with E-state index in [0.29, 0.717) is 17.9 Å². The van der Waals surface area contributed by atoms with Crippen LogP contribution in [0, 0.1) is 6.92 Å². The van der Waals surface area contributed by atoms with Crippen LogP contribution >= 0.6 is 0 Å². The Balaban J connectivity index is 1.93. The highest BCUT2D eigenvalue weighted by molar-refractivity contribution is 7.92. The second-order valence-electron chi connectivity index (χ2n) is 8.59. The molecule has 0 heterocycles. The maximum Gasteiger partial charge on any atom is 0.264 e. The van der Waals surface area contributed by atoms with Gasteiger partial charge in [-0.3, -0.25) is 9.10 Å². The van der Waals surface area contributed by atoms with Crippen molar-refractivity contribution in [2.75, 3.05) is 18.0 Å². The highest BCUT2D eigenvalue weighted by atomic mass is 32.2. The number of hydrogen-bond acceptors (Lipinski definition) is 4. The molecule has 33 heavy (non-hydrogen) atoms. The number of carbonyl (C=O) groups excluding carboxylic acids is 1. The highest BCUT2D eigenvalue weighted by Gasteiger charge is 2.31. The quantitative estimate of drug-likeness (QED) is 0.509. The summed E-state index contributed by atoms with van der Waals surface area (Å²) in [5.41, 5.74) is 1.68. The van der Waals surface area contributed by atoms with Crippen LogP contribution in [0.1, 0.15) is 25.0 Å². The van der Waals surface area contributed by atoms with Crippen LogP contribution in [0.4, 0.5) is 5.69 Å². The molecule has 174 valence electrons. The van der Waals surface area contributed by atoms with Gasteiger partial charge >= 0.3 is 0 Å². The first-order chi connectivity index (χ1) is 15.6. The summed E-state index contributed by atoms with van der Waals surface area (Å²) in [7, 11) is -2.54. The maximum atomic E-state index is 13.6. The lowest BCUT2D eigenvalue weighted by atomic mass is 9.95. The molecular weight excluding hydrogens is 436 g/mol. The van der Waals surface area contributed by atoms with Crippen molar-refractivity contribution in [1.29, 1.82) is 0 Å². The molecule has 0 saturated heterocycles. The number of nitrogens with one attached hydrogen (secondary N) is 1. The van der Waals surface area contributed by atoms with E-state index in [0.717, 1.165) is 15.4 Å². The molecule has 1 amide bonds. The molecule has 6 nitrogen and oxygen atoms in total. The molecule has 0 aliphatic carbocycles. The minimum atomic E-state index is -4.02.